The Kier molecular flexibility index (Phi) is 4.21. The highest BCUT2D eigenvalue weighted by Gasteiger charge is 2.46. The van der Waals surface area contributed by atoms with E-state index in [-0.39, 0.29) is 11.4 Å². The lowest BCUT2D eigenvalue weighted by atomic mass is 9.81. The third kappa shape index (κ3) is 3.02. The van der Waals surface area contributed by atoms with Crippen molar-refractivity contribution in [1.29, 1.82) is 0 Å². The third-order valence-corrected chi connectivity index (χ3v) is 6.00. The second-order valence-electron chi connectivity index (χ2n) is 6.52. The van der Waals surface area contributed by atoms with E-state index in [0.717, 1.165) is 29.8 Å². The third-order valence-electron chi connectivity index (χ3n) is 5.05. The van der Waals surface area contributed by atoms with Crippen molar-refractivity contribution >= 4 is 28.5 Å². The van der Waals surface area contributed by atoms with E-state index >= 15 is 0 Å². The Bertz CT molecular complexity index is 823. The van der Waals surface area contributed by atoms with Gasteiger partial charge in [0, 0.05) is 17.6 Å². The minimum atomic E-state index is -0.235. The highest BCUT2D eigenvalue weighted by molar-refractivity contribution is 8.13. The number of benzene rings is 1. The van der Waals surface area contributed by atoms with Gasteiger partial charge in [0.2, 0.25) is 0 Å². The molecule has 1 saturated carbocycles. The number of anilines is 1. The SMILES string of the molecule is NC1=NC2(c3cccc(NC(=O)c4ccccn4)c3)CCCC2CS1. The van der Waals surface area contributed by atoms with Gasteiger partial charge < -0.3 is 11.1 Å². The van der Waals surface area contributed by atoms with Crippen LogP contribution in [-0.2, 0) is 5.54 Å². The topological polar surface area (TPSA) is 80.4 Å². The van der Waals surface area contributed by atoms with Gasteiger partial charge >= 0.3 is 0 Å². The summed E-state index contributed by atoms with van der Waals surface area (Å²) in [6.07, 6.45) is 4.96. The van der Waals surface area contributed by atoms with Crippen LogP contribution in [0.1, 0.15) is 35.3 Å². The van der Waals surface area contributed by atoms with E-state index in [0.29, 0.717) is 16.8 Å². The van der Waals surface area contributed by atoms with Crippen molar-refractivity contribution in [3.8, 4) is 0 Å². The van der Waals surface area contributed by atoms with Gasteiger partial charge in [-0.05, 0) is 48.6 Å². The van der Waals surface area contributed by atoms with Gasteiger partial charge in [0.15, 0.2) is 5.17 Å². The van der Waals surface area contributed by atoms with Crippen molar-refractivity contribution in [1.82, 2.24) is 4.98 Å². The van der Waals surface area contributed by atoms with E-state index in [9.17, 15) is 4.79 Å². The number of nitrogens with one attached hydrogen (secondary N) is 1. The number of amides is 1. The largest absolute Gasteiger partial charge is 0.379 e. The fourth-order valence-electron chi connectivity index (χ4n) is 3.85. The van der Waals surface area contributed by atoms with Crippen molar-refractivity contribution in [3.63, 3.8) is 0 Å². The van der Waals surface area contributed by atoms with Gasteiger partial charge in [0.05, 0.1) is 5.54 Å². The molecule has 0 spiro atoms. The summed E-state index contributed by atoms with van der Waals surface area (Å²) in [6.45, 7) is 0. The molecule has 1 amide bonds. The highest BCUT2D eigenvalue weighted by atomic mass is 32.2. The van der Waals surface area contributed by atoms with Gasteiger partial charge in [-0.15, -0.1) is 0 Å². The average Bonchev–Trinajstić information content (AvgIpc) is 3.07. The Labute approximate surface area is 151 Å². The molecule has 5 nitrogen and oxygen atoms in total. The first-order valence-electron chi connectivity index (χ1n) is 8.48. The fraction of sp³-hybridized carbons (Fsp3) is 0.316. The Morgan fingerprint density at radius 1 is 1.28 bits per heavy atom. The van der Waals surface area contributed by atoms with E-state index in [2.05, 4.69) is 16.4 Å². The molecule has 4 rings (SSSR count). The van der Waals surface area contributed by atoms with E-state index in [4.69, 9.17) is 10.7 Å². The number of fused-ring (bicyclic) bond motifs is 1. The van der Waals surface area contributed by atoms with Crippen LogP contribution in [0.2, 0.25) is 0 Å². The number of aromatic nitrogens is 1. The summed E-state index contributed by atoms with van der Waals surface area (Å²) in [4.78, 5) is 21.3. The summed E-state index contributed by atoms with van der Waals surface area (Å²) in [5, 5.41) is 3.61. The summed E-state index contributed by atoms with van der Waals surface area (Å²) in [6, 6.07) is 13.3. The number of nitrogens with zero attached hydrogens (tertiary/aromatic N) is 2. The number of carbonyl (C=O) groups excluding carboxylic acids is 1. The van der Waals surface area contributed by atoms with Crippen LogP contribution >= 0.6 is 11.8 Å². The highest BCUT2D eigenvalue weighted by Crippen LogP contribution is 2.50. The Hall–Kier alpha value is -2.34. The van der Waals surface area contributed by atoms with Crippen LogP contribution in [-0.4, -0.2) is 21.8 Å². The van der Waals surface area contributed by atoms with E-state index < -0.39 is 0 Å². The molecule has 2 atom stereocenters. The standard InChI is InChI=1S/C19H20N4OS/c20-18-23-19(9-4-6-14(19)12-25-18)13-5-3-7-15(11-13)22-17(24)16-8-1-2-10-21-16/h1-3,5,7-8,10-11,14H,4,6,9,12H2,(H2,20,23)(H,22,24). The lowest BCUT2D eigenvalue weighted by Gasteiger charge is -2.36. The second-order valence-corrected chi connectivity index (χ2v) is 7.56. The van der Waals surface area contributed by atoms with E-state index in [1.807, 2.05) is 18.2 Å². The molecular formula is C19H20N4OS. The molecule has 0 saturated heterocycles. The first kappa shape index (κ1) is 16.1. The van der Waals surface area contributed by atoms with Crippen molar-refractivity contribution < 1.29 is 4.79 Å². The molecule has 0 radical (unpaired) electrons. The summed E-state index contributed by atoms with van der Waals surface area (Å²) in [5.74, 6) is 1.31. The van der Waals surface area contributed by atoms with E-state index in [1.54, 1.807) is 36.2 Å². The number of aliphatic imine (C=N–C) groups is 1. The van der Waals surface area contributed by atoms with Crippen LogP contribution in [0.5, 0.6) is 0 Å². The molecule has 2 unspecified atom stereocenters. The number of carbonyl (C=O) groups is 1. The monoisotopic (exact) mass is 352 g/mol. The molecule has 1 aliphatic heterocycles. The minimum absolute atomic E-state index is 0.208. The normalized spacial score (nSPS) is 25.1. The maximum Gasteiger partial charge on any atom is 0.274 e. The van der Waals surface area contributed by atoms with Crippen LogP contribution in [0.15, 0.2) is 53.7 Å². The quantitative estimate of drug-likeness (QED) is 0.887. The van der Waals surface area contributed by atoms with Crippen molar-refractivity contribution in [2.45, 2.75) is 24.8 Å². The Balaban J connectivity index is 1.64. The smallest absolute Gasteiger partial charge is 0.274 e. The van der Waals surface area contributed by atoms with Crippen molar-refractivity contribution in [2.75, 3.05) is 11.1 Å². The number of nitrogens with two attached hydrogens (primary N) is 1. The van der Waals surface area contributed by atoms with Gasteiger partial charge in [-0.2, -0.15) is 0 Å². The summed E-state index contributed by atoms with van der Waals surface area (Å²) in [7, 11) is 0. The molecule has 2 aromatic rings. The summed E-state index contributed by atoms with van der Waals surface area (Å²) < 4.78 is 0. The van der Waals surface area contributed by atoms with Gasteiger partial charge in [0.1, 0.15) is 5.69 Å². The number of hydrogen-bond donors (Lipinski definition) is 2. The van der Waals surface area contributed by atoms with Crippen LogP contribution in [0.4, 0.5) is 5.69 Å². The molecule has 3 N–H and O–H groups in total. The molecule has 1 aromatic heterocycles. The molecule has 1 fully saturated rings. The molecular weight excluding hydrogens is 332 g/mol. The zero-order valence-corrected chi connectivity index (χ0v) is 14.6. The van der Waals surface area contributed by atoms with Crippen LogP contribution in [0, 0.1) is 5.92 Å². The van der Waals surface area contributed by atoms with Crippen LogP contribution < -0.4 is 11.1 Å². The van der Waals surface area contributed by atoms with Gasteiger partial charge in [-0.1, -0.05) is 36.4 Å². The lowest BCUT2D eigenvalue weighted by molar-refractivity contribution is 0.102. The number of thioether (sulfide) groups is 1. The number of amidine groups is 1. The maximum atomic E-state index is 12.4. The molecule has 0 bridgehead atoms. The summed E-state index contributed by atoms with van der Waals surface area (Å²) >= 11 is 1.65. The molecule has 25 heavy (non-hydrogen) atoms. The average molecular weight is 352 g/mol. The van der Waals surface area contributed by atoms with Crippen LogP contribution in [0.25, 0.3) is 0 Å². The molecule has 1 aliphatic carbocycles. The fourth-order valence-corrected chi connectivity index (χ4v) is 4.89. The molecule has 1 aromatic carbocycles. The second kappa shape index (κ2) is 6.52. The number of rotatable bonds is 3. The minimum Gasteiger partial charge on any atom is -0.379 e. The zero-order chi connectivity index (χ0) is 17.3. The lowest BCUT2D eigenvalue weighted by Crippen LogP contribution is -2.36. The molecule has 2 aliphatic rings. The predicted molar refractivity (Wildman–Crippen MR) is 102 cm³/mol. The molecule has 128 valence electrons. The first-order valence-corrected chi connectivity index (χ1v) is 9.47. The number of hydrogen-bond acceptors (Lipinski definition) is 5. The predicted octanol–water partition coefficient (Wildman–Crippen LogP) is 3.39. The molecule has 2 heterocycles. The summed E-state index contributed by atoms with van der Waals surface area (Å²) in [5.41, 5.74) is 8.11. The van der Waals surface area contributed by atoms with Gasteiger partial charge in [-0.25, -0.2) is 0 Å². The maximum absolute atomic E-state index is 12.4. The Morgan fingerprint density at radius 3 is 3.04 bits per heavy atom. The van der Waals surface area contributed by atoms with Gasteiger partial charge in [0.25, 0.3) is 5.91 Å². The van der Waals surface area contributed by atoms with Crippen molar-refractivity contribution in [2.24, 2.45) is 16.6 Å². The molecule has 6 heteroatoms. The zero-order valence-electron chi connectivity index (χ0n) is 13.8. The van der Waals surface area contributed by atoms with Crippen molar-refractivity contribution in [3.05, 3.63) is 59.9 Å². The van der Waals surface area contributed by atoms with E-state index in [1.165, 1.54) is 6.42 Å². The number of pyridine rings is 1. The Morgan fingerprint density at radius 2 is 2.20 bits per heavy atom. The van der Waals surface area contributed by atoms with Gasteiger partial charge in [-0.3, -0.25) is 14.8 Å². The van der Waals surface area contributed by atoms with Crippen LogP contribution in [0.3, 0.4) is 0 Å². The first-order chi connectivity index (χ1) is 12.2.